The lowest BCUT2D eigenvalue weighted by Crippen LogP contribution is -2.29. The smallest absolute Gasteiger partial charge is 0.107 e. The van der Waals surface area contributed by atoms with Gasteiger partial charge in [-0.15, -0.1) is 0 Å². The van der Waals surface area contributed by atoms with Crippen LogP contribution in [-0.2, 0) is 12.0 Å². The van der Waals surface area contributed by atoms with Crippen LogP contribution < -0.4 is 5.32 Å². The first-order valence-electron chi connectivity index (χ1n) is 6.83. The first-order valence-corrected chi connectivity index (χ1v) is 6.83. The van der Waals surface area contributed by atoms with E-state index in [4.69, 9.17) is 5.26 Å². The maximum absolute atomic E-state index is 9.12. The lowest BCUT2D eigenvalue weighted by Gasteiger charge is -2.18. The van der Waals surface area contributed by atoms with E-state index in [0.29, 0.717) is 5.41 Å². The summed E-state index contributed by atoms with van der Waals surface area (Å²) in [5.74, 6) is 0. The van der Waals surface area contributed by atoms with Crippen LogP contribution in [0.25, 0.3) is 0 Å². The van der Waals surface area contributed by atoms with Gasteiger partial charge in [0.15, 0.2) is 0 Å². The molecule has 18 heavy (non-hydrogen) atoms. The topological polar surface area (TPSA) is 35.8 Å². The lowest BCUT2D eigenvalue weighted by atomic mass is 9.91. The minimum atomic E-state index is -0.217. The van der Waals surface area contributed by atoms with Crippen LogP contribution in [0.1, 0.15) is 49.3 Å². The van der Waals surface area contributed by atoms with E-state index in [9.17, 15) is 0 Å². The van der Waals surface area contributed by atoms with Crippen molar-refractivity contribution in [3.63, 3.8) is 0 Å². The van der Waals surface area contributed by atoms with E-state index in [1.165, 1.54) is 29.5 Å². The van der Waals surface area contributed by atoms with Crippen LogP contribution in [0.4, 0.5) is 0 Å². The van der Waals surface area contributed by atoms with Gasteiger partial charge >= 0.3 is 0 Å². The van der Waals surface area contributed by atoms with Gasteiger partial charge in [-0.1, -0.05) is 30.7 Å². The lowest BCUT2D eigenvalue weighted by molar-refractivity contribution is 0.589. The molecule has 0 unspecified atom stereocenters. The highest BCUT2D eigenvalue weighted by atomic mass is 15.0. The Morgan fingerprint density at radius 1 is 1.28 bits per heavy atom. The number of rotatable bonds is 4. The fourth-order valence-electron chi connectivity index (χ4n) is 2.63. The monoisotopic (exact) mass is 240 g/mol. The SMILES string of the molecule is Cc1ccc(C2(C)CC2)c(CNC2(C#N)CC2)c1. The van der Waals surface area contributed by atoms with Crippen LogP contribution in [0, 0.1) is 18.3 Å². The Morgan fingerprint density at radius 3 is 2.56 bits per heavy atom. The second kappa shape index (κ2) is 3.83. The van der Waals surface area contributed by atoms with E-state index in [1.807, 2.05) is 0 Å². The molecule has 0 spiro atoms. The third-order valence-electron chi connectivity index (χ3n) is 4.49. The van der Waals surface area contributed by atoms with Crippen LogP contribution in [0.5, 0.6) is 0 Å². The predicted molar refractivity (Wildman–Crippen MR) is 72.2 cm³/mol. The number of nitriles is 1. The molecule has 2 fully saturated rings. The predicted octanol–water partition coefficient (Wildman–Crippen LogP) is 3.19. The molecule has 0 aromatic heterocycles. The van der Waals surface area contributed by atoms with Gasteiger partial charge in [0.05, 0.1) is 6.07 Å². The van der Waals surface area contributed by atoms with Crippen LogP contribution >= 0.6 is 0 Å². The number of hydrogen-bond acceptors (Lipinski definition) is 2. The number of nitrogens with zero attached hydrogens (tertiary/aromatic N) is 1. The summed E-state index contributed by atoms with van der Waals surface area (Å²) in [4.78, 5) is 0. The van der Waals surface area contributed by atoms with Crippen molar-refractivity contribution in [2.45, 2.75) is 57.0 Å². The molecule has 2 saturated carbocycles. The van der Waals surface area contributed by atoms with Gasteiger partial charge in [0.2, 0.25) is 0 Å². The second-order valence-corrected chi connectivity index (χ2v) is 6.27. The Labute approximate surface area is 109 Å². The molecule has 2 aliphatic rings. The Morgan fingerprint density at radius 2 is 2.00 bits per heavy atom. The van der Waals surface area contributed by atoms with Crippen molar-refractivity contribution in [3.8, 4) is 6.07 Å². The van der Waals surface area contributed by atoms with Crippen molar-refractivity contribution in [2.24, 2.45) is 0 Å². The number of aryl methyl sites for hydroxylation is 1. The molecule has 0 saturated heterocycles. The molecule has 0 heterocycles. The highest BCUT2D eigenvalue weighted by molar-refractivity contribution is 5.40. The van der Waals surface area contributed by atoms with Crippen LogP contribution in [0.15, 0.2) is 18.2 Å². The molecule has 2 aliphatic carbocycles. The maximum atomic E-state index is 9.12. The van der Waals surface area contributed by atoms with Gasteiger partial charge < -0.3 is 0 Å². The van der Waals surface area contributed by atoms with Crippen molar-refractivity contribution in [1.82, 2.24) is 5.32 Å². The Bertz CT molecular complexity index is 516. The van der Waals surface area contributed by atoms with E-state index < -0.39 is 0 Å². The highest BCUT2D eigenvalue weighted by Gasteiger charge is 2.44. The molecule has 2 heteroatoms. The molecular weight excluding hydrogens is 220 g/mol. The minimum Gasteiger partial charge on any atom is -0.295 e. The number of nitrogens with one attached hydrogen (secondary N) is 1. The zero-order valence-electron chi connectivity index (χ0n) is 11.2. The van der Waals surface area contributed by atoms with Gasteiger partial charge in [0.1, 0.15) is 5.54 Å². The quantitative estimate of drug-likeness (QED) is 0.877. The normalized spacial score (nSPS) is 22.3. The van der Waals surface area contributed by atoms with Gasteiger partial charge in [0.25, 0.3) is 0 Å². The molecule has 0 amide bonds. The van der Waals surface area contributed by atoms with E-state index >= 15 is 0 Å². The Balaban J connectivity index is 1.82. The molecule has 0 aliphatic heterocycles. The van der Waals surface area contributed by atoms with E-state index in [2.05, 4.69) is 43.4 Å². The van der Waals surface area contributed by atoms with E-state index in [0.717, 1.165) is 19.4 Å². The standard InChI is InChI=1S/C16H20N2/c1-12-3-4-14(15(2)5-6-15)13(9-12)10-18-16(11-17)7-8-16/h3-4,9,18H,5-8,10H2,1-2H3. The molecule has 0 atom stereocenters. The zero-order chi connectivity index (χ0) is 12.8. The summed E-state index contributed by atoms with van der Waals surface area (Å²) < 4.78 is 0. The average molecular weight is 240 g/mol. The van der Waals surface area contributed by atoms with Crippen LogP contribution in [-0.4, -0.2) is 5.54 Å². The average Bonchev–Trinajstić information content (AvgIpc) is 3.25. The van der Waals surface area contributed by atoms with Gasteiger partial charge in [-0.2, -0.15) is 5.26 Å². The van der Waals surface area contributed by atoms with Gasteiger partial charge in [-0.25, -0.2) is 0 Å². The molecule has 1 aromatic rings. The molecule has 94 valence electrons. The first kappa shape index (κ1) is 11.7. The number of hydrogen-bond donors (Lipinski definition) is 1. The summed E-state index contributed by atoms with van der Waals surface area (Å²) in [6, 6.07) is 9.17. The van der Waals surface area contributed by atoms with Crippen molar-refractivity contribution in [2.75, 3.05) is 0 Å². The van der Waals surface area contributed by atoms with Crippen molar-refractivity contribution < 1.29 is 0 Å². The fourth-order valence-corrected chi connectivity index (χ4v) is 2.63. The third kappa shape index (κ3) is 2.04. The number of benzene rings is 1. The largest absolute Gasteiger partial charge is 0.295 e. The third-order valence-corrected chi connectivity index (χ3v) is 4.49. The summed E-state index contributed by atoms with van der Waals surface area (Å²) in [5, 5.41) is 12.6. The first-order chi connectivity index (χ1) is 8.57. The molecule has 1 aromatic carbocycles. The second-order valence-electron chi connectivity index (χ2n) is 6.27. The van der Waals surface area contributed by atoms with Crippen molar-refractivity contribution in [3.05, 3.63) is 34.9 Å². The van der Waals surface area contributed by atoms with Gasteiger partial charge in [-0.05, 0) is 49.1 Å². The molecular formula is C16H20N2. The van der Waals surface area contributed by atoms with Gasteiger partial charge in [0, 0.05) is 6.54 Å². The maximum Gasteiger partial charge on any atom is 0.107 e. The minimum absolute atomic E-state index is 0.217. The molecule has 2 nitrogen and oxygen atoms in total. The molecule has 1 N–H and O–H groups in total. The highest BCUT2D eigenvalue weighted by Crippen LogP contribution is 2.49. The molecule has 0 radical (unpaired) electrons. The van der Waals surface area contributed by atoms with Crippen LogP contribution in [0.2, 0.25) is 0 Å². The summed E-state index contributed by atoms with van der Waals surface area (Å²) >= 11 is 0. The van der Waals surface area contributed by atoms with Gasteiger partial charge in [-0.3, -0.25) is 5.32 Å². The summed E-state index contributed by atoms with van der Waals surface area (Å²) in [6.45, 7) is 5.32. The molecule has 0 bridgehead atoms. The summed E-state index contributed by atoms with van der Waals surface area (Å²) in [6.07, 6.45) is 4.60. The van der Waals surface area contributed by atoms with E-state index in [1.54, 1.807) is 0 Å². The Kier molecular flexibility index (Phi) is 2.50. The zero-order valence-corrected chi connectivity index (χ0v) is 11.2. The summed E-state index contributed by atoms with van der Waals surface area (Å²) in [5.41, 5.74) is 4.35. The Hall–Kier alpha value is -1.33. The van der Waals surface area contributed by atoms with Crippen molar-refractivity contribution >= 4 is 0 Å². The molecule has 3 rings (SSSR count). The van der Waals surface area contributed by atoms with Crippen molar-refractivity contribution in [1.29, 1.82) is 5.26 Å². The summed E-state index contributed by atoms with van der Waals surface area (Å²) in [7, 11) is 0. The fraction of sp³-hybridized carbons (Fsp3) is 0.562. The van der Waals surface area contributed by atoms with Crippen LogP contribution in [0.3, 0.4) is 0 Å². The van der Waals surface area contributed by atoms with E-state index in [-0.39, 0.29) is 5.54 Å².